The molecule has 2 unspecified atom stereocenters. The maximum atomic E-state index is 15.8. The second-order valence-corrected chi connectivity index (χ2v) is 14.6. The molecule has 0 saturated carbocycles. The molecule has 0 aromatic carbocycles. The lowest BCUT2D eigenvalue weighted by atomic mass is 10.1. The maximum Gasteiger partial charge on any atom is 0.387 e. The Labute approximate surface area is 238 Å². The first-order chi connectivity index (χ1) is 19.4. The number of nitrogen functional groups attached to an aromatic ring is 2. The minimum Gasteiger partial charge on any atom is -0.383 e. The molecule has 41 heavy (non-hydrogen) atoms. The summed E-state index contributed by atoms with van der Waals surface area (Å²) in [6.45, 7) is -9.20. The van der Waals surface area contributed by atoms with Crippen LogP contribution < -0.4 is 17.0 Å². The number of ether oxygens (including phenoxy) is 1. The molecule has 1 saturated heterocycles. The average molecular weight is 651 g/mol. The van der Waals surface area contributed by atoms with E-state index in [1.807, 2.05) is 0 Å². The summed E-state index contributed by atoms with van der Waals surface area (Å²) in [6, 6.07) is 1.60. The van der Waals surface area contributed by atoms with E-state index in [4.69, 9.17) is 46.1 Å². The number of fused-ring (bicyclic) bond motifs is 6. The SMILES string of the molecule is Nc1nc2c(nnn2[C@@H]2O[C@@H]3COP(O)(=S)OCCn4c(cc5c(N)ncnc54)COP(=O)(S)O[C@@H]2[C@@H]3F)c(=O)[nH]1. The Morgan fingerprint density at radius 2 is 2.05 bits per heavy atom. The molecule has 6 N–H and O–H groups in total. The zero-order valence-corrected chi connectivity index (χ0v) is 24.0. The van der Waals surface area contributed by atoms with E-state index in [1.165, 1.54) is 6.33 Å². The van der Waals surface area contributed by atoms with Crippen molar-refractivity contribution in [2.24, 2.45) is 0 Å². The van der Waals surface area contributed by atoms with Gasteiger partial charge in [-0.15, -0.1) is 5.10 Å². The van der Waals surface area contributed by atoms with Gasteiger partial charge in [-0.25, -0.2) is 18.9 Å². The van der Waals surface area contributed by atoms with E-state index in [0.717, 1.165) is 4.68 Å². The van der Waals surface area contributed by atoms with Crippen molar-refractivity contribution < 1.29 is 36.7 Å². The molecule has 23 heteroatoms. The summed E-state index contributed by atoms with van der Waals surface area (Å²) in [4.78, 5) is 37.3. The summed E-state index contributed by atoms with van der Waals surface area (Å²) in [5.74, 6) is -0.0914. The maximum absolute atomic E-state index is 15.8. The van der Waals surface area contributed by atoms with Crippen LogP contribution in [-0.2, 0) is 52.4 Å². The minimum atomic E-state index is -4.33. The number of aromatic nitrogens is 8. The quantitative estimate of drug-likeness (QED) is 0.140. The van der Waals surface area contributed by atoms with Crippen molar-refractivity contribution >= 4 is 71.5 Å². The van der Waals surface area contributed by atoms with E-state index >= 15 is 4.39 Å². The first-order valence-electron chi connectivity index (χ1n) is 11.7. The van der Waals surface area contributed by atoms with Crippen LogP contribution in [0.2, 0.25) is 0 Å². The van der Waals surface area contributed by atoms with Gasteiger partial charge in [0.05, 0.1) is 25.2 Å². The van der Waals surface area contributed by atoms with Gasteiger partial charge in [0.1, 0.15) is 30.0 Å². The van der Waals surface area contributed by atoms with Crippen molar-refractivity contribution in [3.63, 3.8) is 0 Å². The van der Waals surface area contributed by atoms with Crippen molar-refractivity contribution in [1.29, 1.82) is 0 Å². The Kier molecular flexibility index (Phi) is 7.38. The van der Waals surface area contributed by atoms with E-state index in [-0.39, 0.29) is 42.7 Å². The Balaban J connectivity index is 1.39. The van der Waals surface area contributed by atoms with Gasteiger partial charge in [0.25, 0.3) is 5.56 Å². The lowest BCUT2D eigenvalue weighted by molar-refractivity contribution is -0.0520. The van der Waals surface area contributed by atoms with Gasteiger partial charge >= 0.3 is 13.5 Å². The third kappa shape index (κ3) is 5.50. The fourth-order valence-corrected chi connectivity index (χ4v) is 6.97. The lowest BCUT2D eigenvalue weighted by Crippen LogP contribution is -2.32. The summed E-state index contributed by atoms with van der Waals surface area (Å²) in [5, 5.41) is 8.07. The van der Waals surface area contributed by atoms with Crippen LogP contribution in [0.4, 0.5) is 16.2 Å². The van der Waals surface area contributed by atoms with Gasteiger partial charge in [-0.3, -0.25) is 18.8 Å². The molecule has 18 nitrogen and oxygen atoms in total. The fourth-order valence-electron chi connectivity index (χ4n) is 4.45. The molecule has 6 atom stereocenters. The lowest BCUT2D eigenvalue weighted by Gasteiger charge is -2.23. The number of halogens is 1. The summed E-state index contributed by atoms with van der Waals surface area (Å²) in [6.07, 6.45) is -5.43. The number of H-pyrrole nitrogens is 1. The molecule has 1 fully saturated rings. The van der Waals surface area contributed by atoms with Crippen molar-refractivity contribution in [2.75, 3.05) is 24.7 Å². The number of thiol groups is 1. The second kappa shape index (κ2) is 10.6. The number of rotatable bonds is 1. The number of anilines is 2. The molecule has 220 valence electrons. The minimum absolute atomic E-state index is 0.101. The number of hydrogen-bond donors (Lipinski definition) is 5. The van der Waals surface area contributed by atoms with Crippen molar-refractivity contribution in [3.8, 4) is 0 Å². The summed E-state index contributed by atoms with van der Waals surface area (Å²) < 4.78 is 59.4. The Hall–Kier alpha value is -2.58. The number of hydrogen-bond acceptors (Lipinski definition) is 15. The molecule has 0 aliphatic carbocycles. The van der Waals surface area contributed by atoms with E-state index in [0.29, 0.717) is 16.7 Å². The van der Waals surface area contributed by atoms with Crippen LogP contribution in [0.1, 0.15) is 11.9 Å². The molecular formula is C18H21FN10O8P2S2. The second-order valence-electron chi connectivity index (χ2n) is 8.86. The van der Waals surface area contributed by atoms with Gasteiger partial charge in [-0.1, -0.05) is 17.5 Å². The molecule has 4 aromatic rings. The molecule has 2 aliphatic heterocycles. The van der Waals surface area contributed by atoms with Crippen molar-refractivity contribution in [1.82, 2.24) is 39.5 Å². The van der Waals surface area contributed by atoms with Crippen molar-refractivity contribution in [2.45, 2.75) is 37.8 Å². The molecule has 0 amide bonds. The Morgan fingerprint density at radius 1 is 1.24 bits per heavy atom. The van der Waals surface area contributed by atoms with E-state index in [9.17, 15) is 14.3 Å². The number of alkyl halides is 1. The summed E-state index contributed by atoms with van der Waals surface area (Å²) in [5.41, 5.74) is 11.4. The highest BCUT2D eigenvalue weighted by Crippen LogP contribution is 2.58. The molecule has 2 bridgehead atoms. The molecule has 2 aliphatic rings. The van der Waals surface area contributed by atoms with E-state index in [2.05, 4.69) is 42.5 Å². The van der Waals surface area contributed by atoms with Crippen LogP contribution in [0.25, 0.3) is 22.2 Å². The Morgan fingerprint density at radius 3 is 2.85 bits per heavy atom. The zero-order chi connectivity index (χ0) is 29.1. The smallest absolute Gasteiger partial charge is 0.383 e. The first kappa shape index (κ1) is 28.5. The average Bonchev–Trinajstić information content (AvgIpc) is 3.56. The third-order valence-electron chi connectivity index (χ3n) is 6.27. The predicted octanol–water partition coefficient (Wildman–Crippen LogP) is 0.563. The number of nitrogens with two attached hydrogens (primary N) is 2. The highest BCUT2D eigenvalue weighted by Gasteiger charge is 2.51. The van der Waals surface area contributed by atoms with Crippen LogP contribution in [0.5, 0.6) is 0 Å². The van der Waals surface area contributed by atoms with Gasteiger partial charge < -0.3 is 34.7 Å². The zero-order valence-electron chi connectivity index (χ0n) is 20.5. The highest BCUT2D eigenvalue weighted by atomic mass is 32.7. The first-order valence-corrected chi connectivity index (χ1v) is 17.0. The van der Waals surface area contributed by atoms with Gasteiger partial charge in [-0.05, 0) is 17.9 Å². The molecule has 6 heterocycles. The topological polar surface area (TPSA) is 243 Å². The van der Waals surface area contributed by atoms with Crippen molar-refractivity contribution in [3.05, 3.63) is 28.4 Å². The number of aromatic amines is 1. The normalized spacial score (nSPS) is 31.6. The van der Waals surface area contributed by atoms with Gasteiger partial charge in [-0.2, -0.15) is 9.67 Å². The fraction of sp³-hybridized carbons (Fsp3) is 0.444. The molecule has 0 spiro atoms. The number of nitrogens with zero attached hydrogens (tertiary/aromatic N) is 7. The molecular weight excluding hydrogens is 629 g/mol. The predicted molar refractivity (Wildman–Crippen MR) is 146 cm³/mol. The number of nitrogens with one attached hydrogen (secondary N) is 1. The van der Waals surface area contributed by atoms with E-state index in [1.54, 1.807) is 10.6 Å². The molecule has 0 radical (unpaired) electrons. The Bertz CT molecular complexity index is 1800. The van der Waals surface area contributed by atoms with Crippen LogP contribution >= 0.6 is 25.8 Å². The third-order valence-corrected chi connectivity index (χ3v) is 9.48. The largest absolute Gasteiger partial charge is 0.387 e. The molecule has 6 rings (SSSR count). The highest BCUT2D eigenvalue weighted by molar-refractivity contribution is 8.44. The van der Waals surface area contributed by atoms with Crippen LogP contribution in [0, 0.1) is 0 Å². The standard InChI is InChI=1S/C18H21FN10O8P2S2/c19-10-9-5-35-38(31,40)33-2-1-28-7(3-8-13(20)22-6-23-14(8)28)4-34-39(32,41)37-12(10)17(36-9)29-15-11(26-27-29)16(30)25-18(21)24-15/h3,6,9-10,12,17H,1-2,4-5H2,(H,31,40)(H,32,41)(H2,20,22,23)(H3,21,24,25,30)/t9-,10-,12-,17-,38?,39?/m1/s1. The monoisotopic (exact) mass is 650 g/mol. The van der Waals surface area contributed by atoms with Gasteiger partial charge in [0.15, 0.2) is 23.6 Å². The van der Waals surface area contributed by atoms with Gasteiger partial charge in [0.2, 0.25) is 5.95 Å². The van der Waals surface area contributed by atoms with Crippen LogP contribution in [0.15, 0.2) is 17.2 Å². The van der Waals surface area contributed by atoms with Crippen LogP contribution in [-0.4, -0.2) is 76.0 Å². The summed E-state index contributed by atoms with van der Waals surface area (Å²) >= 11 is 9.14. The summed E-state index contributed by atoms with van der Waals surface area (Å²) in [7, 11) is 0. The van der Waals surface area contributed by atoms with Gasteiger partial charge in [0, 0.05) is 12.2 Å². The van der Waals surface area contributed by atoms with Crippen LogP contribution in [0.3, 0.4) is 0 Å². The molecule has 4 aromatic heterocycles. The van der Waals surface area contributed by atoms with E-state index < -0.39 is 50.3 Å².